The number of ether oxygens (including phenoxy) is 2. The van der Waals surface area contributed by atoms with Crippen LogP contribution in [0.15, 0.2) is 24.3 Å². The first-order valence-electron chi connectivity index (χ1n) is 7.25. The number of carboxylic acids is 1. The molecule has 6 nitrogen and oxygen atoms in total. The number of hydrogen-bond donors (Lipinski definition) is 2. The molecule has 0 unspecified atom stereocenters. The minimum absolute atomic E-state index is 0.115. The minimum atomic E-state index is -0.927. The van der Waals surface area contributed by atoms with Crippen molar-refractivity contribution in [1.82, 2.24) is 5.32 Å². The Morgan fingerprint density at radius 1 is 1.27 bits per heavy atom. The van der Waals surface area contributed by atoms with Gasteiger partial charge in [-0.3, -0.25) is 9.59 Å². The van der Waals surface area contributed by atoms with Gasteiger partial charge in [0.2, 0.25) is 0 Å². The predicted molar refractivity (Wildman–Crippen MR) is 79.6 cm³/mol. The Hall–Kier alpha value is -1.92. The lowest BCUT2D eigenvalue weighted by Crippen LogP contribution is -2.46. The first kappa shape index (κ1) is 16.5. The van der Waals surface area contributed by atoms with Crippen molar-refractivity contribution in [1.29, 1.82) is 0 Å². The molecule has 1 aromatic rings. The van der Waals surface area contributed by atoms with Crippen LogP contribution in [0.1, 0.15) is 28.8 Å². The maximum absolute atomic E-state index is 12.2. The Labute approximate surface area is 129 Å². The topological polar surface area (TPSA) is 84.9 Å². The highest BCUT2D eigenvalue weighted by Crippen LogP contribution is 2.30. The van der Waals surface area contributed by atoms with Gasteiger partial charge in [0.05, 0.1) is 12.0 Å². The molecule has 2 N–H and O–H groups in total. The van der Waals surface area contributed by atoms with Crippen molar-refractivity contribution < 1.29 is 24.2 Å². The van der Waals surface area contributed by atoms with Crippen LogP contribution in [0, 0.1) is 5.41 Å². The summed E-state index contributed by atoms with van der Waals surface area (Å²) in [5, 5.41) is 12.2. The highest BCUT2D eigenvalue weighted by Gasteiger charge is 2.40. The van der Waals surface area contributed by atoms with Crippen molar-refractivity contribution in [3.05, 3.63) is 35.4 Å². The Bertz CT molecular complexity index is 520. The summed E-state index contributed by atoms with van der Waals surface area (Å²) in [6.45, 7) is 1.43. The van der Waals surface area contributed by atoms with Crippen LogP contribution in [0.2, 0.25) is 0 Å². The monoisotopic (exact) mass is 307 g/mol. The van der Waals surface area contributed by atoms with Gasteiger partial charge >= 0.3 is 5.97 Å². The van der Waals surface area contributed by atoms with Crippen LogP contribution in [0.4, 0.5) is 0 Å². The summed E-state index contributed by atoms with van der Waals surface area (Å²) in [6.07, 6.45) is 0.824. The van der Waals surface area contributed by atoms with Crippen molar-refractivity contribution in [3.8, 4) is 0 Å². The zero-order valence-corrected chi connectivity index (χ0v) is 12.6. The van der Waals surface area contributed by atoms with Gasteiger partial charge in [-0.15, -0.1) is 0 Å². The van der Waals surface area contributed by atoms with E-state index in [2.05, 4.69) is 5.32 Å². The van der Waals surface area contributed by atoms with Gasteiger partial charge in [-0.25, -0.2) is 0 Å². The zero-order valence-electron chi connectivity index (χ0n) is 12.6. The molecule has 22 heavy (non-hydrogen) atoms. The summed E-state index contributed by atoms with van der Waals surface area (Å²) in [6, 6.07) is 7.06. The molecule has 1 amide bonds. The van der Waals surface area contributed by atoms with Crippen molar-refractivity contribution >= 4 is 11.9 Å². The van der Waals surface area contributed by atoms with Crippen LogP contribution in [0.3, 0.4) is 0 Å². The van der Waals surface area contributed by atoms with E-state index in [1.54, 1.807) is 19.2 Å². The number of amides is 1. The maximum Gasteiger partial charge on any atom is 0.311 e. The van der Waals surface area contributed by atoms with E-state index >= 15 is 0 Å². The van der Waals surface area contributed by atoms with Crippen LogP contribution in [-0.2, 0) is 20.9 Å². The van der Waals surface area contributed by atoms with Crippen LogP contribution in [0.5, 0.6) is 0 Å². The third-order valence-corrected chi connectivity index (χ3v) is 4.02. The second kappa shape index (κ2) is 7.38. The molecule has 1 heterocycles. The third kappa shape index (κ3) is 3.84. The number of carbonyl (C=O) groups is 2. The van der Waals surface area contributed by atoms with Crippen molar-refractivity contribution in [2.75, 3.05) is 26.9 Å². The number of nitrogens with one attached hydrogen (secondary N) is 1. The molecule has 6 heteroatoms. The second-order valence-electron chi connectivity index (χ2n) is 5.51. The normalized spacial score (nSPS) is 17.0. The zero-order chi connectivity index (χ0) is 16.0. The molecule has 120 valence electrons. The smallest absolute Gasteiger partial charge is 0.311 e. The highest BCUT2D eigenvalue weighted by molar-refractivity contribution is 5.94. The van der Waals surface area contributed by atoms with E-state index in [1.807, 2.05) is 12.1 Å². The number of hydrogen-bond acceptors (Lipinski definition) is 4. The van der Waals surface area contributed by atoms with Crippen LogP contribution < -0.4 is 5.32 Å². The molecular formula is C16H21NO5. The fourth-order valence-corrected chi connectivity index (χ4v) is 2.50. The average Bonchev–Trinajstić information content (AvgIpc) is 2.54. The number of carbonyl (C=O) groups excluding carboxylic acids is 1. The van der Waals surface area contributed by atoms with E-state index < -0.39 is 11.4 Å². The molecule has 1 aliphatic rings. The molecule has 0 bridgehead atoms. The second-order valence-corrected chi connectivity index (χ2v) is 5.51. The lowest BCUT2D eigenvalue weighted by atomic mass is 9.80. The summed E-state index contributed by atoms with van der Waals surface area (Å²) in [5.41, 5.74) is 0.558. The molecule has 2 rings (SSSR count). The van der Waals surface area contributed by atoms with Gasteiger partial charge in [-0.1, -0.05) is 12.1 Å². The van der Waals surface area contributed by atoms with Crippen LogP contribution >= 0.6 is 0 Å². The standard InChI is InChI=1S/C16H21NO5/c1-21-10-12-2-4-13(5-3-12)14(18)17-11-16(15(19)20)6-8-22-9-7-16/h2-5H,6-11H2,1H3,(H,17,18)(H,19,20). The number of aliphatic carboxylic acids is 1. The molecule has 0 spiro atoms. The van der Waals surface area contributed by atoms with Gasteiger partial charge in [-0.2, -0.15) is 0 Å². The molecule has 0 atom stereocenters. The minimum Gasteiger partial charge on any atom is -0.481 e. The lowest BCUT2D eigenvalue weighted by Gasteiger charge is -2.33. The van der Waals surface area contributed by atoms with Crippen molar-refractivity contribution in [2.24, 2.45) is 5.41 Å². The molecule has 1 aliphatic heterocycles. The molecule has 0 aliphatic carbocycles. The van der Waals surface area contributed by atoms with Crippen LogP contribution in [-0.4, -0.2) is 43.9 Å². The molecule has 0 aromatic heterocycles. The first-order valence-corrected chi connectivity index (χ1v) is 7.25. The quantitative estimate of drug-likeness (QED) is 0.831. The summed E-state index contributed by atoms with van der Waals surface area (Å²) in [5.74, 6) is -1.15. The van der Waals surface area contributed by atoms with E-state index in [9.17, 15) is 14.7 Å². The maximum atomic E-state index is 12.2. The van der Waals surface area contributed by atoms with Crippen molar-refractivity contribution in [2.45, 2.75) is 19.4 Å². The molecular weight excluding hydrogens is 286 g/mol. The number of methoxy groups -OCH3 is 1. The summed E-state index contributed by atoms with van der Waals surface area (Å²) < 4.78 is 10.2. The first-order chi connectivity index (χ1) is 10.6. The van der Waals surface area contributed by atoms with E-state index in [1.165, 1.54) is 0 Å². The Morgan fingerprint density at radius 3 is 2.45 bits per heavy atom. The molecule has 0 saturated carbocycles. The summed E-state index contributed by atoms with van der Waals surface area (Å²) in [7, 11) is 1.61. The molecule has 1 aromatic carbocycles. The Balaban J connectivity index is 1.97. The van der Waals surface area contributed by atoms with Gasteiger partial charge in [0.1, 0.15) is 0 Å². The largest absolute Gasteiger partial charge is 0.481 e. The molecule has 0 radical (unpaired) electrons. The van der Waals surface area contributed by atoms with Gasteiger partial charge < -0.3 is 19.9 Å². The lowest BCUT2D eigenvalue weighted by molar-refractivity contribution is -0.154. The Morgan fingerprint density at radius 2 is 1.91 bits per heavy atom. The third-order valence-electron chi connectivity index (χ3n) is 4.02. The van der Waals surface area contributed by atoms with Gasteiger partial charge in [0.15, 0.2) is 0 Å². The summed E-state index contributed by atoms with van der Waals surface area (Å²) in [4.78, 5) is 23.7. The van der Waals surface area contributed by atoms with Gasteiger partial charge in [0.25, 0.3) is 5.91 Å². The van der Waals surface area contributed by atoms with E-state index in [0.717, 1.165) is 5.56 Å². The van der Waals surface area contributed by atoms with Gasteiger partial charge in [0, 0.05) is 32.4 Å². The number of rotatable bonds is 6. The molecule has 1 saturated heterocycles. The highest BCUT2D eigenvalue weighted by atomic mass is 16.5. The van der Waals surface area contributed by atoms with Crippen molar-refractivity contribution in [3.63, 3.8) is 0 Å². The number of carboxylic acid groups (broad SMARTS) is 1. The summed E-state index contributed by atoms with van der Waals surface area (Å²) >= 11 is 0. The Kier molecular flexibility index (Phi) is 5.51. The van der Waals surface area contributed by atoms with Crippen LogP contribution in [0.25, 0.3) is 0 Å². The average molecular weight is 307 g/mol. The predicted octanol–water partition coefficient (Wildman–Crippen LogP) is 1.44. The van der Waals surface area contributed by atoms with E-state index in [0.29, 0.717) is 38.2 Å². The fraction of sp³-hybridized carbons (Fsp3) is 0.500. The SMILES string of the molecule is COCc1ccc(C(=O)NCC2(C(=O)O)CCOCC2)cc1. The number of benzene rings is 1. The van der Waals surface area contributed by atoms with Gasteiger partial charge in [-0.05, 0) is 30.5 Å². The van der Waals surface area contributed by atoms with E-state index in [4.69, 9.17) is 9.47 Å². The van der Waals surface area contributed by atoms with E-state index in [-0.39, 0.29) is 12.5 Å². The molecule has 1 fully saturated rings. The fourth-order valence-electron chi connectivity index (χ4n) is 2.50.